The lowest BCUT2D eigenvalue weighted by Gasteiger charge is -2.05. The van der Waals surface area contributed by atoms with Crippen LogP contribution in [0.15, 0.2) is 18.5 Å². The molecule has 0 radical (unpaired) electrons. The molecule has 0 atom stereocenters. The highest BCUT2D eigenvalue weighted by molar-refractivity contribution is 5.96. The van der Waals surface area contributed by atoms with E-state index < -0.39 is 0 Å². The molecule has 1 amide bonds. The van der Waals surface area contributed by atoms with Crippen LogP contribution in [0.2, 0.25) is 0 Å². The zero-order valence-electron chi connectivity index (χ0n) is 10.6. The Morgan fingerprint density at radius 2 is 2.33 bits per heavy atom. The lowest BCUT2D eigenvalue weighted by molar-refractivity contribution is 0.0951. The Morgan fingerprint density at radius 1 is 1.50 bits per heavy atom. The van der Waals surface area contributed by atoms with Crippen molar-refractivity contribution in [2.24, 2.45) is 0 Å². The van der Waals surface area contributed by atoms with Gasteiger partial charge in [-0.15, -0.1) is 0 Å². The third-order valence-electron chi connectivity index (χ3n) is 2.76. The molecule has 6 nitrogen and oxygen atoms in total. The van der Waals surface area contributed by atoms with Gasteiger partial charge in [0, 0.05) is 31.2 Å². The Hall–Kier alpha value is -2.11. The molecule has 18 heavy (non-hydrogen) atoms. The molecule has 0 saturated carbocycles. The summed E-state index contributed by atoms with van der Waals surface area (Å²) in [5, 5.41) is 13.8. The van der Waals surface area contributed by atoms with Crippen molar-refractivity contribution in [3.05, 3.63) is 35.4 Å². The van der Waals surface area contributed by atoms with Crippen LogP contribution >= 0.6 is 0 Å². The molecule has 2 aromatic heterocycles. The number of hydrogen-bond acceptors (Lipinski definition) is 3. The molecule has 2 N–H and O–H groups in total. The molecule has 0 saturated heterocycles. The van der Waals surface area contributed by atoms with Crippen molar-refractivity contribution in [1.82, 2.24) is 25.3 Å². The average Bonchev–Trinajstić information content (AvgIpc) is 2.95. The normalized spacial score (nSPS) is 10.6. The van der Waals surface area contributed by atoms with Crippen molar-refractivity contribution in [3.63, 3.8) is 0 Å². The van der Waals surface area contributed by atoms with Gasteiger partial charge in [0.15, 0.2) is 0 Å². The first-order valence-corrected chi connectivity index (χ1v) is 5.95. The van der Waals surface area contributed by atoms with Crippen molar-refractivity contribution in [2.45, 2.75) is 26.8 Å². The summed E-state index contributed by atoms with van der Waals surface area (Å²) in [7, 11) is 0. The van der Waals surface area contributed by atoms with Crippen LogP contribution in [0.25, 0.3) is 0 Å². The Morgan fingerprint density at radius 3 is 2.94 bits per heavy atom. The molecule has 2 aromatic rings. The number of aromatic amines is 1. The lowest BCUT2D eigenvalue weighted by Crippen LogP contribution is -2.26. The van der Waals surface area contributed by atoms with Crippen molar-refractivity contribution in [1.29, 1.82) is 0 Å². The van der Waals surface area contributed by atoms with Gasteiger partial charge in [-0.3, -0.25) is 14.6 Å². The highest BCUT2D eigenvalue weighted by Crippen LogP contribution is 2.08. The predicted octanol–water partition coefficient (Wildman–Crippen LogP) is 1.04. The standard InChI is InChI=1S/C12H17N5O/c1-9-11(10(2)16-15-9)12(18)13-5-3-7-17-8-4-6-14-17/h4,6,8H,3,5,7H2,1-2H3,(H,13,18)(H,15,16). The molecule has 0 bridgehead atoms. The zero-order valence-corrected chi connectivity index (χ0v) is 10.6. The largest absolute Gasteiger partial charge is 0.352 e. The Labute approximate surface area is 105 Å². The number of aryl methyl sites for hydroxylation is 3. The van der Waals surface area contributed by atoms with Gasteiger partial charge in [0.25, 0.3) is 5.91 Å². The quantitative estimate of drug-likeness (QED) is 0.775. The van der Waals surface area contributed by atoms with Gasteiger partial charge in [0.1, 0.15) is 0 Å². The third-order valence-corrected chi connectivity index (χ3v) is 2.76. The van der Waals surface area contributed by atoms with E-state index in [4.69, 9.17) is 0 Å². The molecular formula is C12H17N5O. The Kier molecular flexibility index (Phi) is 3.76. The molecule has 2 rings (SSSR count). The van der Waals surface area contributed by atoms with Gasteiger partial charge < -0.3 is 5.32 Å². The van der Waals surface area contributed by atoms with E-state index in [0.717, 1.165) is 24.4 Å². The number of H-pyrrole nitrogens is 1. The molecule has 6 heteroatoms. The smallest absolute Gasteiger partial charge is 0.255 e. The van der Waals surface area contributed by atoms with Crippen LogP contribution in [0.5, 0.6) is 0 Å². The van der Waals surface area contributed by atoms with E-state index in [9.17, 15) is 4.79 Å². The van der Waals surface area contributed by atoms with E-state index >= 15 is 0 Å². The van der Waals surface area contributed by atoms with Crippen LogP contribution in [-0.2, 0) is 6.54 Å². The molecule has 2 heterocycles. The number of hydrogen-bond donors (Lipinski definition) is 2. The summed E-state index contributed by atoms with van der Waals surface area (Å²) < 4.78 is 1.85. The molecule has 0 aromatic carbocycles. The van der Waals surface area contributed by atoms with E-state index in [-0.39, 0.29) is 5.91 Å². The fourth-order valence-corrected chi connectivity index (χ4v) is 1.85. The maximum Gasteiger partial charge on any atom is 0.255 e. The molecule has 0 spiro atoms. The third kappa shape index (κ3) is 2.77. The fraction of sp³-hybridized carbons (Fsp3) is 0.417. The van der Waals surface area contributed by atoms with Gasteiger partial charge in [-0.1, -0.05) is 0 Å². The van der Waals surface area contributed by atoms with Crippen molar-refractivity contribution in [2.75, 3.05) is 6.54 Å². The van der Waals surface area contributed by atoms with Crippen molar-refractivity contribution >= 4 is 5.91 Å². The van der Waals surface area contributed by atoms with Gasteiger partial charge in [-0.05, 0) is 26.3 Å². The summed E-state index contributed by atoms with van der Waals surface area (Å²) in [6.07, 6.45) is 4.51. The van der Waals surface area contributed by atoms with E-state index in [1.807, 2.05) is 30.8 Å². The van der Waals surface area contributed by atoms with Crippen LogP contribution in [0.1, 0.15) is 28.2 Å². The van der Waals surface area contributed by atoms with Gasteiger partial charge in [0.2, 0.25) is 0 Å². The highest BCUT2D eigenvalue weighted by atomic mass is 16.1. The zero-order chi connectivity index (χ0) is 13.0. The maximum absolute atomic E-state index is 11.9. The average molecular weight is 247 g/mol. The van der Waals surface area contributed by atoms with Crippen LogP contribution in [0.3, 0.4) is 0 Å². The number of carbonyl (C=O) groups is 1. The van der Waals surface area contributed by atoms with Crippen LogP contribution < -0.4 is 5.32 Å². The second-order valence-electron chi connectivity index (χ2n) is 4.19. The second-order valence-corrected chi connectivity index (χ2v) is 4.19. The van der Waals surface area contributed by atoms with E-state index in [2.05, 4.69) is 20.6 Å². The highest BCUT2D eigenvalue weighted by Gasteiger charge is 2.14. The summed E-state index contributed by atoms with van der Waals surface area (Å²) in [4.78, 5) is 11.9. The van der Waals surface area contributed by atoms with E-state index in [1.165, 1.54) is 0 Å². The summed E-state index contributed by atoms with van der Waals surface area (Å²) >= 11 is 0. The summed E-state index contributed by atoms with van der Waals surface area (Å²) in [5.74, 6) is -0.0702. The molecule has 0 aliphatic heterocycles. The van der Waals surface area contributed by atoms with Crippen LogP contribution in [0, 0.1) is 13.8 Å². The second kappa shape index (κ2) is 5.48. The number of carbonyl (C=O) groups excluding carboxylic acids is 1. The molecular weight excluding hydrogens is 230 g/mol. The summed E-state index contributed by atoms with van der Waals surface area (Å²) in [5.41, 5.74) is 2.18. The SMILES string of the molecule is Cc1n[nH]c(C)c1C(=O)NCCCn1cccn1. The summed E-state index contributed by atoms with van der Waals surface area (Å²) in [6.45, 7) is 5.10. The number of aromatic nitrogens is 4. The number of nitrogens with one attached hydrogen (secondary N) is 2. The van der Waals surface area contributed by atoms with Gasteiger partial charge >= 0.3 is 0 Å². The maximum atomic E-state index is 11.9. The van der Waals surface area contributed by atoms with Crippen molar-refractivity contribution < 1.29 is 4.79 Å². The predicted molar refractivity (Wildman–Crippen MR) is 67.2 cm³/mol. The lowest BCUT2D eigenvalue weighted by atomic mass is 10.2. The molecule has 0 fully saturated rings. The van der Waals surface area contributed by atoms with E-state index in [1.54, 1.807) is 6.20 Å². The summed E-state index contributed by atoms with van der Waals surface area (Å²) in [6, 6.07) is 1.89. The molecule has 0 aliphatic carbocycles. The minimum absolute atomic E-state index is 0.0702. The first-order valence-electron chi connectivity index (χ1n) is 5.95. The van der Waals surface area contributed by atoms with Crippen molar-refractivity contribution in [3.8, 4) is 0 Å². The van der Waals surface area contributed by atoms with Crippen LogP contribution in [-0.4, -0.2) is 32.4 Å². The molecule has 0 aliphatic rings. The van der Waals surface area contributed by atoms with Gasteiger partial charge in [-0.2, -0.15) is 10.2 Å². The molecule has 96 valence electrons. The Bertz CT molecular complexity index is 495. The minimum Gasteiger partial charge on any atom is -0.352 e. The topological polar surface area (TPSA) is 75.6 Å². The number of rotatable bonds is 5. The van der Waals surface area contributed by atoms with E-state index in [0.29, 0.717) is 12.1 Å². The number of nitrogens with zero attached hydrogens (tertiary/aromatic N) is 3. The van der Waals surface area contributed by atoms with Gasteiger partial charge in [0.05, 0.1) is 11.3 Å². The molecule has 0 unspecified atom stereocenters. The number of amides is 1. The monoisotopic (exact) mass is 247 g/mol. The van der Waals surface area contributed by atoms with Gasteiger partial charge in [-0.25, -0.2) is 0 Å². The van der Waals surface area contributed by atoms with Crippen LogP contribution in [0.4, 0.5) is 0 Å². The Balaban J connectivity index is 1.79. The first kappa shape index (κ1) is 12.3. The first-order chi connectivity index (χ1) is 8.68. The minimum atomic E-state index is -0.0702. The fourth-order valence-electron chi connectivity index (χ4n) is 1.85.